The van der Waals surface area contributed by atoms with E-state index >= 15 is 0 Å². The first-order chi connectivity index (χ1) is 8.25. The number of imidazole rings is 1. The van der Waals surface area contributed by atoms with E-state index in [1.54, 1.807) is 0 Å². The smallest absolute Gasteiger partial charge is 0.202 e. The van der Waals surface area contributed by atoms with Crippen LogP contribution in [0.5, 0.6) is 0 Å². The molecule has 1 unspecified atom stereocenters. The number of hydrogen-bond acceptors (Lipinski definition) is 3. The molecule has 0 bridgehead atoms. The van der Waals surface area contributed by atoms with Crippen LogP contribution in [0, 0.1) is 5.92 Å². The number of nitrogens with zero attached hydrogens (tertiary/aromatic N) is 2. The quantitative estimate of drug-likeness (QED) is 0.873. The topological polar surface area (TPSA) is 29.9 Å². The fraction of sp³-hybridized carbons (Fsp3) is 0.769. The van der Waals surface area contributed by atoms with Crippen molar-refractivity contribution in [3.8, 4) is 0 Å². The van der Waals surface area contributed by atoms with E-state index in [1.807, 2.05) is 6.20 Å². The average molecular weight is 253 g/mol. The van der Waals surface area contributed by atoms with Gasteiger partial charge < -0.3 is 9.88 Å². The Morgan fingerprint density at radius 2 is 2.41 bits per heavy atom. The molecule has 0 aliphatic carbocycles. The van der Waals surface area contributed by atoms with Crippen molar-refractivity contribution >= 4 is 17.7 Å². The minimum absolute atomic E-state index is 0.661. The Labute approximate surface area is 108 Å². The molecule has 1 aliphatic rings. The van der Waals surface area contributed by atoms with Crippen molar-refractivity contribution in [3.63, 3.8) is 0 Å². The molecule has 0 amide bonds. The lowest BCUT2D eigenvalue weighted by atomic mass is 10.2. The molecule has 1 aliphatic heterocycles. The Morgan fingerprint density at radius 1 is 1.53 bits per heavy atom. The van der Waals surface area contributed by atoms with E-state index in [-0.39, 0.29) is 0 Å². The van der Waals surface area contributed by atoms with E-state index in [1.165, 1.54) is 25.0 Å². The second-order valence-electron chi connectivity index (χ2n) is 5.17. The molecule has 1 saturated heterocycles. The summed E-state index contributed by atoms with van der Waals surface area (Å²) >= 11 is 2.11. The van der Waals surface area contributed by atoms with Gasteiger partial charge in [-0.3, -0.25) is 0 Å². The zero-order valence-corrected chi connectivity index (χ0v) is 11.7. The molecule has 1 aromatic heterocycles. The van der Waals surface area contributed by atoms with Gasteiger partial charge >= 0.3 is 0 Å². The molecule has 1 atom stereocenters. The van der Waals surface area contributed by atoms with Crippen molar-refractivity contribution in [2.24, 2.45) is 5.92 Å². The largest absolute Gasteiger partial charge is 0.355 e. The number of rotatable bonds is 5. The van der Waals surface area contributed by atoms with Gasteiger partial charge in [0.2, 0.25) is 5.95 Å². The van der Waals surface area contributed by atoms with Gasteiger partial charge in [0.05, 0.1) is 0 Å². The van der Waals surface area contributed by atoms with Crippen LogP contribution in [0.25, 0.3) is 0 Å². The van der Waals surface area contributed by atoms with Gasteiger partial charge in [-0.25, -0.2) is 4.98 Å². The first-order valence-corrected chi connectivity index (χ1v) is 7.67. The Balaban J connectivity index is 1.83. The summed E-state index contributed by atoms with van der Waals surface area (Å²) in [5, 5.41) is 4.27. The third kappa shape index (κ3) is 3.95. The normalized spacial score (nSPS) is 20.8. The van der Waals surface area contributed by atoms with Gasteiger partial charge in [0.15, 0.2) is 0 Å². The molecule has 2 rings (SSSR count). The third-order valence-electron chi connectivity index (χ3n) is 3.04. The maximum atomic E-state index is 4.40. The van der Waals surface area contributed by atoms with Crippen molar-refractivity contribution in [1.82, 2.24) is 9.55 Å². The molecule has 17 heavy (non-hydrogen) atoms. The van der Waals surface area contributed by atoms with Crippen LogP contribution >= 0.6 is 11.8 Å². The van der Waals surface area contributed by atoms with Crippen LogP contribution in [0.1, 0.15) is 33.1 Å². The molecule has 2 heterocycles. The van der Waals surface area contributed by atoms with Crippen LogP contribution in [0.2, 0.25) is 0 Å². The summed E-state index contributed by atoms with van der Waals surface area (Å²) in [6.07, 6.45) is 8.08. The van der Waals surface area contributed by atoms with Crippen molar-refractivity contribution < 1.29 is 0 Å². The molecule has 1 aromatic rings. The number of thioether (sulfide) groups is 1. The van der Waals surface area contributed by atoms with Crippen molar-refractivity contribution in [3.05, 3.63) is 12.4 Å². The van der Waals surface area contributed by atoms with Crippen LogP contribution in [0.4, 0.5) is 5.95 Å². The predicted molar refractivity (Wildman–Crippen MR) is 75.7 cm³/mol. The summed E-state index contributed by atoms with van der Waals surface area (Å²) < 4.78 is 2.22. The summed E-state index contributed by atoms with van der Waals surface area (Å²) in [5.41, 5.74) is 0. The fourth-order valence-corrected chi connectivity index (χ4v) is 3.43. The Kier molecular flexibility index (Phi) is 4.77. The monoisotopic (exact) mass is 253 g/mol. The van der Waals surface area contributed by atoms with Crippen molar-refractivity contribution in [2.45, 2.75) is 44.9 Å². The molecular weight excluding hydrogens is 230 g/mol. The van der Waals surface area contributed by atoms with Crippen LogP contribution in [0.15, 0.2) is 12.4 Å². The highest BCUT2D eigenvalue weighted by Gasteiger charge is 2.14. The molecule has 4 heteroatoms. The SMILES string of the molecule is CC(C)Cn1ccnc1NCC1CCCCS1. The number of anilines is 1. The summed E-state index contributed by atoms with van der Waals surface area (Å²) in [6, 6.07) is 0. The fourth-order valence-electron chi connectivity index (χ4n) is 2.19. The van der Waals surface area contributed by atoms with Crippen molar-refractivity contribution in [1.29, 1.82) is 0 Å². The average Bonchev–Trinajstić information content (AvgIpc) is 2.74. The van der Waals surface area contributed by atoms with Crippen LogP contribution < -0.4 is 5.32 Å². The van der Waals surface area contributed by atoms with Crippen LogP contribution in [0.3, 0.4) is 0 Å². The maximum absolute atomic E-state index is 4.40. The molecule has 0 radical (unpaired) electrons. The third-order valence-corrected chi connectivity index (χ3v) is 4.44. The van der Waals surface area contributed by atoms with Crippen LogP contribution in [-0.2, 0) is 6.54 Å². The van der Waals surface area contributed by atoms with Gasteiger partial charge in [0.1, 0.15) is 0 Å². The first-order valence-electron chi connectivity index (χ1n) is 6.62. The van der Waals surface area contributed by atoms with Gasteiger partial charge in [-0.2, -0.15) is 11.8 Å². The minimum atomic E-state index is 0.661. The van der Waals surface area contributed by atoms with E-state index in [0.717, 1.165) is 24.3 Å². The van der Waals surface area contributed by atoms with Gasteiger partial charge in [0.25, 0.3) is 0 Å². The lowest BCUT2D eigenvalue weighted by molar-refractivity contribution is 0.525. The van der Waals surface area contributed by atoms with Gasteiger partial charge in [-0.15, -0.1) is 0 Å². The highest BCUT2D eigenvalue weighted by Crippen LogP contribution is 2.25. The van der Waals surface area contributed by atoms with Crippen molar-refractivity contribution in [2.75, 3.05) is 17.6 Å². The second kappa shape index (κ2) is 6.34. The zero-order valence-electron chi connectivity index (χ0n) is 10.9. The molecule has 1 fully saturated rings. The molecular formula is C13H23N3S. The molecule has 1 N–H and O–H groups in total. The first kappa shape index (κ1) is 12.8. The highest BCUT2D eigenvalue weighted by molar-refractivity contribution is 7.99. The van der Waals surface area contributed by atoms with Gasteiger partial charge in [0, 0.05) is 30.7 Å². The van der Waals surface area contributed by atoms with Gasteiger partial charge in [-0.05, 0) is 24.5 Å². The standard InChI is InChI=1S/C13H23N3S/c1-11(2)10-16-7-6-14-13(16)15-9-12-5-3-4-8-17-12/h6-7,11-12H,3-5,8-10H2,1-2H3,(H,14,15). The number of aromatic nitrogens is 2. The molecule has 0 spiro atoms. The minimum Gasteiger partial charge on any atom is -0.355 e. The molecule has 3 nitrogen and oxygen atoms in total. The molecule has 0 aromatic carbocycles. The summed E-state index contributed by atoms with van der Waals surface area (Å²) in [4.78, 5) is 4.40. The number of hydrogen-bond donors (Lipinski definition) is 1. The number of nitrogens with one attached hydrogen (secondary N) is 1. The molecule has 96 valence electrons. The van der Waals surface area contributed by atoms with Crippen LogP contribution in [-0.4, -0.2) is 27.1 Å². The van der Waals surface area contributed by atoms with E-state index < -0.39 is 0 Å². The van der Waals surface area contributed by atoms with E-state index in [9.17, 15) is 0 Å². The summed E-state index contributed by atoms with van der Waals surface area (Å²) in [5.74, 6) is 3.02. The van der Waals surface area contributed by atoms with E-state index in [4.69, 9.17) is 0 Å². The van der Waals surface area contributed by atoms with E-state index in [0.29, 0.717) is 5.92 Å². The lowest BCUT2D eigenvalue weighted by Crippen LogP contribution is -2.22. The highest BCUT2D eigenvalue weighted by atomic mass is 32.2. The lowest BCUT2D eigenvalue weighted by Gasteiger charge is -2.22. The Hall–Kier alpha value is -0.640. The summed E-state index contributed by atoms with van der Waals surface area (Å²) in [7, 11) is 0. The maximum Gasteiger partial charge on any atom is 0.202 e. The zero-order chi connectivity index (χ0) is 12.1. The second-order valence-corrected chi connectivity index (χ2v) is 6.57. The van der Waals surface area contributed by atoms with E-state index in [2.05, 4.69) is 46.7 Å². The van der Waals surface area contributed by atoms with Gasteiger partial charge in [-0.1, -0.05) is 20.3 Å². The predicted octanol–water partition coefficient (Wildman–Crippen LogP) is 3.24. The molecule has 0 saturated carbocycles. The summed E-state index contributed by atoms with van der Waals surface area (Å²) in [6.45, 7) is 6.57. The Morgan fingerprint density at radius 3 is 3.12 bits per heavy atom. The Bertz CT molecular complexity index is 329.